The molecule has 3 unspecified atom stereocenters. The summed E-state index contributed by atoms with van der Waals surface area (Å²) in [7, 11) is 2.04. The van der Waals surface area contributed by atoms with Crippen LogP contribution in [0.3, 0.4) is 0 Å². The summed E-state index contributed by atoms with van der Waals surface area (Å²) in [5.74, 6) is 0. The summed E-state index contributed by atoms with van der Waals surface area (Å²) in [5, 5.41) is 3.45. The van der Waals surface area contributed by atoms with Gasteiger partial charge in [-0.05, 0) is 38.4 Å². The summed E-state index contributed by atoms with van der Waals surface area (Å²) in [6, 6.07) is 9.44. The molecule has 1 aromatic carbocycles. The van der Waals surface area contributed by atoms with Crippen LogP contribution in [0.2, 0.25) is 0 Å². The van der Waals surface area contributed by atoms with Gasteiger partial charge < -0.3 is 10.1 Å². The van der Waals surface area contributed by atoms with Gasteiger partial charge in [0.2, 0.25) is 0 Å². The van der Waals surface area contributed by atoms with Crippen LogP contribution in [0.4, 0.5) is 0 Å². The van der Waals surface area contributed by atoms with Gasteiger partial charge in [-0.1, -0.05) is 41.1 Å². The summed E-state index contributed by atoms with van der Waals surface area (Å²) < 4.78 is 6.97. The molecule has 1 aliphatic heterocycles. The first-order valence-corrected chi connectivity index (χ1v) is 8.72. The van der Waals surface area contributed by atoms with Crippen molar-refractivity contribution in [2.75, 3.05) is 26.7 Å². The molecule has 0 saturated carbocycles. The van der Waals surface area contributed by atoms with Crippen LogP contribution in [-0.4, -0.2) is 43.8 Å². The number of morpholine rings is 1. The first-order valence-electron chi connectivity index (χ1n) is 7.93. The number of benzene rings is 1. The molecule has 3 nitrogen and oxygen atoms in total. The molecule has 0 aromatic heterocycles. The van der Waals surface area contributed by atoms with Gasteiger partial charge in [-0.3, -0.25) is 4.90 Å². The van der Waals surface area contributed by atoms with E-state index in [0.717, 1.165) is 32.5 Å². The van der Waals surface area contributed by atoms with Gasteiger partial charge >= 0.3 is 0 Å². The predicted molar refractivity (Wildman–Crippen MR) is 91.6 cm³/mol. The zero-order valence-corrected chi connectivity index (χ0v) is 14.9. The van der Waals surface area contributed by atoms with E-state index in [1.54, 1.807) is 0 Å². The largest absolute Gasteiger partial charge is 0.376 e. The number of halogens is 1. The summed E-state index contributed by atoms with van der Waals surface area (Å²) in [5.41, 5.74) is 1.34. The standard InChI is InChI=1S/C17H27BrN2O/c1-4-14-12-21-13(2)11-20(14)10-9-17(19-3)15-7-5-6-8-16(15)18/h5-8,13-14,17,19H,4,9-12H2,1-3H3. The fourth-order valence-corrected chi connectivity index (χ4v) is 3.63. The van der Waals surface area contributed by atoms with E-state index >= 15 is 0 Å². The second-order valence-corrected chi connectivity index (χ2v) is 6.71. The fraction of sp³-hybridized carbons (Fsp3) is 0.647. The van der Waals surface area contributed by atoms with Crippen LogP contribution < -0.4 is 5.32 Å². The van der Waals surface area contributed by atoms with Gasteiger partial charge in [0.1, 0.15) is 0 Å². The van der Waals surface area contributed by atoms with E-state index in [9.17, 15) is 0 Å². The lowest BCUT2D eigenvalue weighted by molar-refractivity contribution is -0.0566. The van der Waals surface area contributed by atoms with Crippen LogP contribution in [0, 0.1) is 0 Å². The molecule has 3 atom stereocenters. The zero-order valence-electron chi connectivity index (χ0n) is 13.3. The van der Waals surface area contributed by atoms with Gasteiger partial charge in [0.05, 0.1) is 12.7 Å². The molecule has 1 N–H and O–H groups in total. The SMILES string of the molecule is CCC1COC(C)CN1CCC(NC)c1ccccc1Br. The average Bonchev–Trinajstić information content (AvgIpc) is 2.49. The van der Waals surface area contributed by atoms with Gasteiger partial charge in [-0.15, -0.1) is 0 Å². The predicted octanol–water partition coefficient (Wildman–Crippen LogP) is 3.60. The molecule has 21 heavy (non-hydrogen) atoms. The monoisotopic (exact) mass is 354 g/mol. The number of nitrogens with zero attached hydrogens (tertiary/aromatic N) is 1. The number of hydrogen-bond donors (Lipinski definition) is 1. The van der Waals surface area contributed by atoms with Gasteiger partial charge in [-0.2, -0.15) is 0 Å². The molecule has 1 aliphatic rings. The second kappa shape index (κ2) is 8.28. The first kappa shape index (κ1) is 16.9. The maximum Gasteiger partial charge on any atom is 0.0674 e. The van der Waals surface area contributed by atoms with Crippen LogP contribution in [0.1, 0.15) is 38.3 Å². The maximum absolute atomic E-state index is 5.78. The third kappa shape index (κ3) is 4.52. The summed E-state index contributed by atoms with van der Waals surface area (Å²) >= 11 is 3.67. The number of rotatable bonds is 6. The molecule has 1 heterocycles. The van der Waals surface area contributed by atoms with E-state index in [4.69, 9.17) is 4.74 Å². The summed E-state index contributed by atoms with van der Waals surface area (Å²) in [4.78, 5) is 2.59. The third-order valence-corrected chi connectivity index (χ3v) is 5.11. The van der Waals surface area contributed by atoms with Crippen molar-refractivity contribution >= 4 is 15.9 Å². The molecule has 0 bridgehead atoms. The molecule has 118 valence electrons. The molecule has 0 spiro atoms. The Hall–Kier alpha value is -0.420. The Kier molecular flexibility index (Phi) is 6.68. The van der Waals surface area contributed by atoms with Crippen LogP contribution in [0.5, 0.6) is 0 Å². The third-order valence-electron chi connectivity index (χ3n) is 4.39. The van der Waals surface area contributed by atoms with Gasteiger partial charge in [-0.25, -0.2) is 0 Å². The topological polar surface area (TPSA) is 24.5 Å². The maximum atomic E-state index is 5.78. The van der Waals surface area contributed by atoms with Crippen molar-refractivity contribution in [3.8, 4) is 0 Å². The number of ether oxygens (including phenoxy) is 1. The minimum Gasteiger partial charge on any atom is -0.376 e. The highest BCUT2D eigenvalue weighted by Gasteiger charge is 2.26. The highest BCUT2D eigenvalue weighted by molar-refractivity contribution is 9.10. The minimum absolute atomic E-state index is 0.351. The Morgan fingerprint density at radius 2 is 2.19 bits per heavy atom. The molecule has 4 heteroatoms. The Bertz CT molecular complexity index is 441. The Labute approximate surface area is 137 Å². The summed E-state index contributed by atoms with van der Waals surface area (Å²) in [6.07, 6.45) is 2.62. The molecule has 0 aliphatic carbocycles. The van der Waals surface area contributed by atoms with Crippen molar-refractivity contribution in [1.82, 2.24) is 10.2 Å². The van der Waals surface area contributed by atoms with E-state index in [2.05, 4.69) is 64.3 Å². The Morgan fingerprint density at radius 1 is 1.43 bits per heavy atom. The van der Waals surface area contributed by atoms with Crippen molar-refractivity contribution < 1.29 is 4.74 Å². The van der Waals surface area contributed by atoms with Crippen LogP contribution >= 0.6 is 15.9 Å². The minimum atomic E-state index is 0.351. The van der Waals surface area contributed by atoms with Crippen molar-refractivity contribution in [2.45, 2.75) is 44.9 Å². The lowest BCUT2D eigenvalue weighted by Crippen LogP contribution is -2.49. The van der Waals surface area contributed by atoms with Crippen molar-refractivity contribution in [3.63, 3.8) is 0 Å². The average molecular weight is 355 g/mol. The lowest BCUT2D eigenvalue weighted by Gasteiger charge is -2.39. The highest BCUT2D eigenvalue weighted by atomic mass is 79.9. The highest BCUT2D eigenvalue weighted by Crippen LogP contribution is 2.26. The molecule has 0 radical (unpaired) electrons. The molecular weight excluding hydrogens is 328 g/mol. The van der Waals surface area contributed by atoms with Crippen LogP contribution in [0.25, 0.3) is 0 Å². The van der Waals surface area contributed by atoms with E-state index in [1.165, 1.54) is 10.0 Å². The summed E-state index contributed by atoms with van der Waals surface area (Å²) in [6.45, 7) is 7.45. The zero-order chi connectivity index (χ0) is 15.2. The van der Waals surface area contributed by atoms with Gasteiger partial charge in [0.25, 0.3) is 0 Å². The van der Waals surface area contributed by atoms with Crippen molar-refractivity contribution in [2.24, 2.45) is 0 Å². The normalized spacial score (nSPS) is 25.0. The Morgan fingerprint density at radius 3 is 2.86 bits per heavy atom. The molecular formula is C17H27BrN2O. The quantitative estimate of drug-likeness (QED) is 0.844. The molecule has 2 rings (SSSR count). The number of nitrogens with one attached hydrogen (secondary N) is 1. The molecule has 1 fully saturated rings. The smallest absolute Gasteiger partial charge is 0.0674 e. The van der Waals surface area contributed by atoms with Crippen molar-refractivity contribution in [3.05, 3.63) is 34.3 Å². The Balaban J connectivity index is 1.97. The number of hydrogen-bond acceptors (Lipinski definition) is 3. The van der Waals surface area contributed by atoms with E-state index in [-0.39, 0.29) is 0 Å². The van der Waals surface area contributed by atoms with Crippen LogP contribution in [0.15, 0.2) is 28.7 Å². The first-order chi connectivity index (χ1) is 10.2. The van der Waals surface area contributed by atoms with E-state index in [1.807, 2.05) is 7.05 Å². The van der Waals surface area contributed by atoms with E-state index < -0.39 is 0 Å². The second-order valence-electron chi connectivity index (χ2n) is 5.85. The van der Waals surface area contributed by atoms with Gasteiger partial charge in [0, 0.05) is 29.6 Å². The van der Waals surface area contributed by atoms with Crippen LogP contribution in [-0.2, 0) is 4.74 Å². The molecule has 1 saturated heterocycles. The van der Waals surface area contributed by atoms with E-state index in [0.29, 0.717) is 18.2 Å². The molecule has 0 amide bonds. The van der Waals surface area contributed by atoms with Gasteiger partial charge in [0.15, 0.2) is 0 Å². The molecule has 1 aromatic rings. The fourth-order valence-electron chi connectivity index (χ4n) is 3.07. The van der Waals surface area contributed by atoms with Crippen molar-refractivity contribution in [1.29, 1.82) is 0 Å². The lowest BCUT2D eigenvalue weighted by atomic mass is 10.0.